The van der Waals surface area contributed by atoms with Crippen LogP contribution in [0.3, 0.4) is 0 Å². The first kappa shape index (κ1) is 11.2. The highest BCUT2D eigenvalue weighted by Crippen LogP contribution is 2.29. The molecule has 1 aliphatic heterocycles. The molecule has 2 aromatic rings. The van der Waals surface area contributed by atoms with Gasteiger partial charge in [0.1, 0.15) is 6.23 Å². The largest absolute Gasteiger partial charge is 0.354 e. The number of ether oxygens (including phenoxy) is 1. The Morgan fingerprint density at radius 1 is 1.47 bits per heavy atom. The second-order valence-corrected chi connectivity index (χ2v) is 5.67. The standard InChI is InChI=1S/C13H12INO2/c1-7-5-15-8(2)17-6-9-3-10(14)4-11(12(9)15)13(7)16/h3-5,8H,6H2,1-2H3. The SMILES string of the molecule is Cc1cn2c3c(cc(I)cc3c1=O)COC2C. The zero-order valence-corrected chi connectivity index (χ0v) is 11.8. The number of aromatic nitrogens is 1. The van der Waals surface area contributed by atoms with E-state index in [9.17, 15) is 4.79 Å². The molecule has 0 N–H and O–H groups in total. The van der Waals surface area contributed by atoms with E-state index in [1.807, 2.05) is 26.1 Å². The lowest BCUT2D eigenvalue weighted by Gasteiger charge is -2.27. The molecule has 2 heterocycles. The molecule has 3 rings (SSSR count). The summed E-state index contributed by atoms with van der Waals surface area (Å²) >= 11 is 2.24. The lowest BCUT2D eigenvalue weighted by molar-refractivity contribution is -0.00185. The van der Waals surface area contributed by atoms with Crippen molar-refractivity contribution in [2.75, 3.05) is 0 Å². The van der Waals surface area contributed by atoms with Crippen molar-refractivity contribution in [3.05, 3.63) is 43.2 Å². The number of rotatable bonds is 0. The van der Waals surface area contributed by atoms with Gasteiger partial charge in [-0.05, 0) is 48.6 Å². The molecular formula is C13H12INO2. The molecular weight excluding hydrogens is 329 g/mol. The third-order valence-electron chi connectivity index (χ3n) is 3.22. The van der Waals surface area contributed by atoms with Gasteiger partial charge in [0, 0.05) is 26.3 Å². The second-order valence-electron chi connectivity index (χ2n) is 4.42. The van der Waals surface area contributed by atoms with Crippen molar-refractivity contribution < 1.29 is 4.74 Å². The molecule has 0 saturated heterocycles. The molecule has 0 radical (unpaired) electrons. The summed E-state index contributed by atoms with van der Waals surface area (Å²) in [5, 5.41) is 0.807. The van der Waals surface area contributed by atoms with Gasteiger partial charge in [0.25, 0.3) is 0 Å². The second kappa shape index (κ2) is 3.81. The van der Waals surface area contributed by atoms with Crippen LogP contribution >= 0.6 is 22.6 Å². The van der Waals surface area contributed by atoms with E-state index in [1.165, 1.54) is 0 Å². The van der Waals surface area contributed by atoms with Gasteiger partial charge in [-0.3, -0.25) is 4.79 Å². The van der Waals surface area contributed by atoms with Crippen LogP contribution in [0.25, 0.3) is 10.9 Å². The van der Waals surface area contributed by atoms with Gasteiger partial charge in [-0.15, -0.1) is 0 Å². The number of halogens is 1. The van der Waals surface area contributed by atoms with Gasteiger partial charge in [-0.1, -0.05) is 0 Å². The molecule has 0 bridgehead atoms. The molecule has 3 nitrogen and oxygen atoms in total. The number of hydrogen-bond acceptors (Lipinski definition) is 2. The van der Waals surface area contributed by atoms with E-state index in [2.05, 4.69) is 33.2 Å². The minimum Gasteiger partial charge on any atom is -0.354 e. The molecule has 1 aliphatic rings. The Morgan fingerprint density at radius 2 is 2.24 bits per heavy atom. The van der Waals surface area contributed by atoms with Crippen molar-refractivity contribution in [1.82, 2.24) is 4.57 Å². The summed E-state index contributed by atoms with van der Waals surface area (Å²) in [4.78, 5) is 12.2. The summed E-state index contributed by atoms with van der Waals surface area (Å²) in [7, 11) is 0. The Balaban J connectivity index is 2.56. The van der Waals surface area contributed by atoms with Gasteiger partial charge in [0.05, 0.1) is 12.1 Å². The molecule has 0 saturated carbocycles. The van der Waals surface area contributed by atoms with Crippen LogP contribution in [-0.2, 0) is 11.3 Å². The van der Waals surface area contributed by atoms with Crippen molar-refractivity contribution in [2.24, 2.45) is 0 Å². The zero-order chi connectivity index (χ0) is 12.2. The monoisotopic (exact) mass is 341 g/mol. The molecule has 1 aromatic heterocycles. The van der Waals surface area contributed by atoms with Crippen molar-refractivity contribution in [2.45, 2.75) is 26.7 Å². The first-order valence-corrected chi connectivity index (χ1v) is 6.61. The highest BCUT2D eigenvalue weighted by molar-refractivity contribution is 14.1. The zero-order valence-electron chi connectivity index (χ0n) is 9.66. The summed E-state index contributed by atoms with van der Waals surface area (Å²) in [6.07, 6.45) is 1.88. The summed E-state index contributed by atoms with van der Waals surface area (Å²) in [6, 6.07) is 4.04. The Labute approximate surface area is 113 Å². The maximum atomic E-state index is 12.2. The average molecular weight is 341 g/mol. The van der Waals surface area contributed by atoms with Gasteiger partial charge < -0.3 is 9.30 Å². The van der Waals surface area contributed by atoms with Crippen LogP contribution in [0, 0.1) is 10.5 Å². The highest BCUT2D eigenvalue weighted by Gasteiger charge is 2.20. The van der Waals surface area contributed by atoms with E-state index in [0.717, 1.165) is 25.6 Å². The highest BCUT2D eigenvalue weighted by atomic mass is 127. The van der Waals surface area contributed by atoms with E-state index < -0.39 is 0 Å². The topological polar surface area (TPSA) is 31.2 Å². The number of pyridine rings is 1. The van der Waals surface area contributed by atoms with Crippen molar-refractivity contribution in [3.63, 3.8) is 0 Å². The van der Waals surface area contributed by atoms with E-state index in [4.69, 9.17) is 4.74 Å². The molecule has 0 amide bonds. The summed E-state index contributed by atoms with van der Waals surface area (Å²) in [5.74, 6) is 0. The first-order valence-electron chi connectivity index (χ1n) is 5.53. The van der Waals surface area contributed by atoms with E-state index in [1.54, 1.807) is 0 Å². The van der Waals surface area contributed by atoms with Crippen molar-refractivity contribution in [1.29, 1.82) is 0 Å². The van der Waals surface area contributed by atoms with Gasteiger partial charge in [0.2, 0.25) is 0 Å². The fourth-order valence-electron chi connectivity index (χ4n) is 2.37. The van der Waals surface area contributed by atoms with Crippen LogP contribution in [0.5, 0.6) is 0 Å². The average Bonchev–Trinajstić information content (AvgIpc) is 2.29. The Hall–Kier alpha value is -0.880. The molecule has 1 aromatic carbocycles. The van der Waals surface area contributed by atoms with Crippen LogP contribution in [0.4, 0.5) is 0 Å². The molecule has 4 heteroatoms. The van der Waals surface area contributed by atoms with E-state index >= 15 is 0 Å². The van der Waals surface area contributed by atoms with Crippen LogP contribution in [0.1, 0.15) is 24.3 Å². The quantitative estimate of drug-likeness (QED) is 0.690. The van der Waals surface area contributed by atoms with E-state index in [0.29, 0.717) is 6.61 Å². The Morgan fingerprint density at radius 3 is 3.00 bits per heavy atom. The summed E-state index contributed by atoms with van der Waals surface area (Å²) in [6.45, 7) is 4.44. The number of benzene rings is 1. The summed E-state index contributed by atoms with van der Waals surface area (Å²) < 4.78 is 8.84. The van der Waals surface area contributed by atoms with E-state index in [-0.39, 0.29) is 11.7 Å². The van der Waals surface area contributed by atoms with Crippen LogP contribution in [0.15, 0.2) is 23.1 Å². The van der Waals surface area contributed by atoms with Crippen LogP contribution < -0.4 is 5.43 Å². The Bertz CT molecular complexity index is 675. The molecule has 1 unspecified atom stereocenters. The normalized spacial score (nSPS) is 18.6. The van der Waals surface area contributed by atoms with Gasteiger partial charge in [0.15, 0.2) is 5.43 Å². The fraction of sp³-hybridized carbons (Fsp3) is 0.308. The van der Waals surface area contributed by atoms with Crippen LogP contribution in [-0.4, -0.2) is 4.57 Å². The fourth-order valence-corrected chi connectivity index (χ4v) is 3.05. The number of nitrogens with zero attached hydrogens (tertiary/aromatic N) is 1. The smallest absolute Gasteiger partial charge is 0.192 e. The molecule has 0 aliphatic carbocycles. The molecule has 0 fully saturated rings. The lowest BCUT2D eigenvalue weighted by Crippen LogP contribution is -2.22. The maximum absolute atomic E-state index is 12.2. The minimum atomic E-state index is -0.00985. The number of aryl methyl sites for hydroxylation is 1. The van der Waals surface area contributed by atoms with Gasteiger partial charge in [-0.2, -0.15) is 0 Å². The third kappa shape index (κ3) is 1.62. The minimum absolute atomic E-state index is 0.00985. The molecule has 88 valence electrons. The lowest BCUT2D eigenvalue weighted by atomic mass is 10.1. The predicted octanol–water partition coefficient (Wildman–Crippen LogP) is 2.96. The van der Waals surface area contributed by atoms with Gasteiger partial charge >= 0.3 is 0 Å². The number of hydrogen-bond donors (Lipinski definition) is 0. The Kier molecular flexibility index (Phi) is 2.52. The van der Waals surface area contributed by atoms with Crippen molar-refractivity contribution in [3.8, 4) is 0 Å². The molecule has 1 atom stereocenters. The van der Waals surface area contributed by atoms with Gasteiger partial charge in [-0.25, -0.2) is 0 Å². The first-order chi connectivity index (χ1) is 8.08. The third-order valence-corrected chi connectivity index (χ3v) is 3.84. The summed E-state index contributed by atoms with van der Waals surface area (Å²) in [5.41, 5.74) is 3.02. The molecule has 17 heavy (non-hydrogen) atoms. The van der Waals surface area contributed by atoms with Crippen molar-refractivity contribution >= 4 is 33.5 Å². The molecule has 0 spiro atoms. The van der Waals surface area contributed by atoms with Crippen LogP contribution in [0.2, 0.25) is 0 Å². The predicted molar refractivity (Wildman–Crippen MR) is 75.2 cm³/mol. The maximum Gasteiger partial charge on any atom is 0.192 e.